The van der Waals surface area contributed by atoms with Gasteiger partial charge in [0.2, 0.25) is 6.79 Å². The Morgan fingerprint density at radius 3 is 2.89 bits per heavy atom. The van der Waals surface area contributed by atoms with Crippen molar-refractivity contribution in [3.8, 4) is 11.5 Å². The van der Waals surface area contributed by atoms with Gasteiger partial charge in [0.1, 0.15) is 5.52 Å². The van der Waals surface area contributed by atoms with Crippen molar-refractivity contribution in [2.75, 3.05) is 13.3 Å². The number of aromatic nitrogens is 4. The molecule has 0 spiro atoms. The van der Waals surface area contributed by atoms with Crippen LogP contribution < -0.4 is 15.0 Å². The molecule has 1 saturated heterocycles. The van der Waals surface area contributed by atoms with Crippen LogP contribution in [0.4, 0.5) is 4.79 Å². The van der Waals surface area contributed by atoms with Gasteiger partial charge >= 0.3 is 6.09 Å². The van der Waals surface area contributed by atoms with Crippen LogP contribution in [0.1, 0.15) is 33.1 Å². The standard InChI is InChI=1S/C23H27BrN6O4S/c1-12(2)15-7-13(4-6-30(15)23(31)32)3-5-29-10-26-20(25)19-21(29)28-22(27-19)35-18-9-17-16(8-14(18)24)33-11-34-17/h8-10,12-13,15,25H,3-7,11H2,1-2H3,(H,27,28)(H,31,32)/t13-,15+/m0/s1. The number of carboxylic acid groups (broad SMARTS) is 1. The summed E-state index contributed by atoms with van der Waals surface area (Å²) in [6.45, 7) is 5.65. The number of piperidine rings is 1. The number of imidazole rings is 1. The Labute approximate surface area is 214 Å². The van der Waals surface area contributed by atoms with Crippen molar-refractivity contribution in [3.63, 3.8) is 0 Å². The van der Waals surface area contributed by atoms with Crippen LogP contribution in [0.25, 0.3) is 11.2 Å². The van der Waals surface area contributed by atoms with Gasteiger partial charge in [0.05, 0.1) is 6.33 Å². The second-order valence-corrected chi connectivity index (χ2v) is 11.1. The summed E-state index contributed by atoms with van der Waals surface area (Å²) in [7, 11) is 0. The molecule has 1 fully saturated rings. The number of nitrogens with zero attached hydrogens (tertiary/aromatic N) is 4. The number of carbonyl (C=O) groups is 1. The van der Waals surface area contributed by atoms with Gasteiger partial charge in [0.15, 0.2) is 27.8 Å². The second-order valence-electron chi connectivity index (χ2n) is 9.23. The van der Waals surface area contributed by atoms with Crippen molar-refractivity contribution in [1.82, 2.24) is 24.4 Å². The predicted molar refractivity (Wildman–Crippen MR) is 133 cm³/mol. The smallest absolute Gasteiger partial charge is 0.407 e. The molecule has 10 nitrogen and oxygen atoms in total. The molecule has 4 heterocycles. The average Bonchev–Trinajstić information content (AvgIpc) is 3.46. The summed E-state index contributed by atoms with van der Waals surface area (Å²) in [5.41, 5.74) is 1.43. The van der Waals surface area contributed by atoms with Crippen LogP contribution in [0, 0.1) is 17.2 Å². The molecule has 0 bridgehead atoms. The summed E-state index contributed by atoms with van der Waals surface area (Å²) in [4.78, 5) is 26.4. The molecule has 3 N–H and O–H groups in total. The van der Waals surface area contributed by atoms with E-state index in [1.807, 2.05) is 16.7 Å². The maximum Gasteiger partial charge on any atom is 0.407 e. The quantitative estimate of drug-likeness (QED) is 0.397. The normalized spacial score (nSPS) is 19.6. The molecule has 1 aromatic carbocycles. The molecular formula is C23H27BrN6O4S. The zero-order valence-electron chi connectivity index (χ0n) is 19.5. The lowest BCUT2D eigenvalue weighted by Gasteiger charge is -2.40. The van der Waals surface area contributed by atoms with E-state index in [9.17, 15) is 9.90 Å². The lowest BCUT2D eigenvalue weighted by molar-refractivity contribution is 0.0682. The number of aryl methyl sites for hydroxylation is 1. The fourth-order valence-corrected chi connectivity index (χ4v) is 6.16. The van der Waals surface area contributed by atoms with Gasteiger partial charge in [-0.3, -0.25) is 5.41 Å². The average molecular weight is 563 g/mol. The molecule has 2 aromatic heterocycles. The lowest BCUT2D eigenvalue weighted by atomic mass is 9.84. The third kappa shape index (κ3) is 4.86. The number of H-pyrrole nitrogens is 1. The Hall–Kier alpha value is -2.73. The summed E-state index contributed by atoms with van der Waals surface area (Å²) < 4.78 is 13.8. The molecule has 1 amide bonds. The van der Waals surface area contributed by atoms with Crippen molar-refractivity contribution in [2.45, 2.75) is 55.7 Å². The zero-order valence-corrected chi connectivity index (χ0v) is 21.9. The Bertz CT molecular complexity index is 1330. The maximum absolute atomic E-state index is 11.6. The molecule has 0 aliphatic carbocycles. The van der Waals surface area contributed by atoms with E-state index in [1.165, 1.54) is 11.8 Å². The molecule has 12 heteroatoms. The number of fused-ring (bicyclic) bond motifs is 2. The molecule has 3 aromatic rings. The summed E-state index contributed by atoms with van der Waals surface area (Å²) in [5.74, 6) is 2.10. The second kappa shape index (κ2) is 9.73. The van der Waals surface area contributed by atoms with E-state index in [0.29, 0.717) is 46.8 Å². The Kier molecular flexibility index (Phi) is 6.67. The minimum atomic E-state index is -0.830. The van der Waals surface area contributed by atoms with E-state index in [2.05, 4.69) is 39.7 Å². The molecule has 2 aliphatic rings. The van der Waals surface area contributed by atoms with E-state index in [4.69, 9.17) is 19.9 Å². The molecule has 0 radical (unpaired) electrons. The minimum absolute atomic E-state index is 0.0403. The van der Waals surface area contributed by atoms with Gasteiger partial charge in [-0.25, -0.2) is 14.8 Å². The van der Waals surface area contributed by atoms with Gasteiger partial charge in [-0.15, -0.1) is 0 Å². The highest BCUT2D eigenvalue weighted by molar-refractivity contribution is 9.10. The van der Waals surface area contributed by atoms with E-state index in [-0.39, 0.29) is 24.2 Å². The number of rotatable bonds is 6. The zero-order chi connectivity index (χ0) is 24.7. The van der Waals surface area contributed by atoms with Gasteiger partial charge in [-0.05, 0) is 59.2 Å². The van der Waals surface area contributed by atoms with E-state index >= 15 is 0 Å². The highest BCUT2D eigenvalue weighted by atomic mass is 79.9. The Balaban J connectivity index is 1.33. The summed E-state index contributed by atoms with van der Waals surface area (Å²) in [5, 5.41) is 18.4. The highest BCUT2D eigenvalue weighted by Gasteiger charge is 2.33. The van der Waals surface area contributed by atoms with Crippen LogP contribution in [0.2, 0.25) is 0 Å². The first-order valence-corrected chi connectivity index (χ1v) is 13.2. The molecule has 5 rings (SSSR count). The first-order valence-electron chi connectivity index (χ1n) is 11.6. The SMILES string of the molecule is CC(C)[C@H]1C[C@@H](CCn2cnc(=N)c3[nH]c(Sc4cc5c(cc4Br)OCO5)nc32)CCN1C(=O)O. The summed E-state index contributed by atoms with van der Waals surface area (Å²) in [6, 6.07) is 3.83. The van der Waals surface area contributed by atoms with Crippen molar-refractivity contribution < 1.29 is 19.4 Å². The Morgan fingerprint density at radius 1 is 1.37 bits per heavy atom. The number of halogens is 1. The maximum atomic E-state index is 11.6. The predicted octanol–water partition coefficient (Wildman–Crippen LogP) is 4.69. The third-order valence-corrected chi connectivity index (χ3v) is 8.54. The number of amides is 1. The number of benzene rings is 1. The van der Waals surface area contributed by atoms with Crippen LogP contribution in [-0.2, 0) is 6.54 Å². The van der Waals surface area contributed by atoms with Gasteiger partial charge in [0, 0.05) is 28.5 Å². The number of aromatic amines is 1. The lowest BCUT2D eigenvalue weighted by Crippen LogP contribution is -2.48. The number of hydrogen-bond donors (Lipinski definition) is 3. The number of nitrogens with one attached hydrogen (secondary N) is 2. The molecule has 0 saturated carbocycles. The van der Waals surface area contributed by atoms with Gasteiger partial charge in [-0.1, -0.05) is 25.6 Å². The van der Waals surface area contributed by atoms with E-state index in [0.717, 1.165) is 28.6 Å². The molecule has 2 aliphatic heterocycles. The van der Waals surface area contributed by atoms with E-state index < -0.39 is 6.09 Å². The largest absolute Gasteiger partial charge is 0.465 e. The molecule has 0 unspecified atom stereocenters. The van der Waals surface area contributed by atoms with Crippen LogP contribution in [-0.4, -0.2) is 55.0 Å². The topological polar surface area (TPSA) is 129 Å². The highest BCUT2D eigenvalue weighted by Crippen LogP contribution is 2.42. The van der Waals surface area contributed by atoms with Crippen molar-refractivity contribution in [2.24, 2.45) is 11.8 Å². The van der Waals surface area contributed by atoms with Crippen molar-refractivity contribution in [3.05, 3.63) is 28.4 Å². The van der Waals surface area contributed by atoms with Crippen molar-refractivity contribution >= 4 is 44.9 Å². The first-order chi connectivity index (χ1) is 16.8. The molecule has 2 atom stereocenters. The number of hydrogen-bond acceptors (Lipinski definition) is 7. The summed E-state index contributed by atoms with van der Waals surface area (Å²) in [6.07, 6.45) is 3.45. The Morgan fingerprint density at radius 2 is 2.14 bits per heavy atom. The molecule has 35 heavy (non-hydrogen) atoms. The van der Waals surface area contributed by atoms with Crippen LogP contribution >= 0.6 is 27.7 Å². The van der Waals surface area contributed by atoms with Gasteiger partial charge in [-0.2, -0.15) is 0 Å². The van der Waals surface area contributed by atoms with Crippen LogP contribution in [0.3, 0.4) is 0 Å². The molecular weight excluding hydrogens is 536 g/mol. The van der Waals surface area contributed by atoms with Gasteiger partial charge in [0.25, 0.3) is 0 Å². The molecule has 186 valence electrons. The number of likely N-dealkylation sites (tertiary alicyclic amines) is 1. The minimum Gasteiger partial charge on any atom is -0.465 e. The first kappa shape index (κ1) is 24.0. The summed E-state index contributed by atoms with van der Waals surface area (Å²) >= 11 is 5.03. The fourth-order valence-electron chi connectivity index (χ4n) is 4.78. The number of ether oxygens (including phenoxy) is 2. The van der Waals surface area contributed by atoms with E-state index in [1.54, 1.807) is 11.2 Å². The monoisotopic (exact) mass is 562 g/mol. The van der Waals surface area contributed by atoms with Gasteiger partial charge < -0.3 is 29.0 Å². The van der Waals surface area contributed by atoms with Crippen LogP contribution in [0.15, 0.2) is 33.0 Å². The fraction of sp³-hybridized carbons (Fsp3) is 0.478. The third-order valence-electron chi connectivity index (χ3n) is 6.68. The van der Waals surface area contributed by atoms with Crippen molar-refractivity contribution in [1.29, 1.82) is 5.41 Å². The van der Waals surface area contributed by atoms with Crippen LogP contribution in [0.5, 0.6) is 11.5 Å².